The van der Waals surface area contributed by atoms with Crippen LogP contribution in [0.5, 0.6) is 5.75 Å². The summed E-state index contributed by atoms with van der Waals surface area (Å²) >= 11 is 1.77. The molecule has 1 aromatic heterocycles. The minimum absolute atomic E-state index is 0.478. The van der Waals surface area contributed by atoms with Gasteiger partial charge in [-0.3, -0.25) is 0 Å². The number of H-pyrrole nitrogens is 1. The second-order valence-electron chi connectivity index (χ2n) is 5.07. The molecule has 0 saturated heterocycles. The van der Waals surface area contributed by atoms with Crippen molar-refractivity contribution in [3.8, 4) is 5.75 Å². The Bertz CT molecular complexity index is 555. The Morgan fingerprint density at radius 1 is 1.40 bits per heavy atom. The van der Waals surface area contributed by atoms with Crippen LogP contribution in [0.3, 0.4) is 0 Å². The Morgan fingerprint density at radius 2 is 2.20 bits per heavy atom. The van der Waals surface area contributed by atoms with Gasteiger partial charge in [-0.1, -0.05) is 25.6 Å². The number of aromatic amines is 1. The van der Waals surface area contributed by atoms with Gasteiger partial charge in [-0.05, 0) is 25.5 Å². The monoisotopic (exact) mass is 293 g/mol. The smallest absolute Gasteiger partial charge is 0.166 e. The summed E-state index contributed by atoms with van der Waals surface area (Å²) in [4.78, 5) is 7.95. The number of fused-ring (bicyclic) bond motifs is 1. The number of hydrogen-bond acceptors (Lipinski definition) is 4. The van der Waals surface area contributed by atoms with Crippen LogP contribution in [0.4, 0.5) is 0 Å². The van der Waals surface area contributed by atoms with E-state index >= 15 is 0 Å². The van der Waals surface area contributed by atoms with Gasteiger partial charge in [-0.25, -0.2) is 4.98 Å². The number of rotatable bonds is 7. The summed E-state index contributed by atoms with van der Waals surface area (Å²) in [6.45, 7) is 7.61. The zero-order valence-corrected chi connectivity index (χ0v) is 13.4. The number of nitrogens with one attached hydrogen (secondary N) is 2. The van der Waals surface area contributed by atoms with Gasteiger partial charge in [-0.2, -0.15) is 0 Å². The third kappa shape index (κ3) is 3.90. The number of methoxy groups -OCH3 is 1. The summed E-state index contributed by atoms with van der Waals surface area (Å²) in [6, 6.07) is 6.47. The highest BCUT2D eigenvalue weighted by Crippen LogP contribution is 2.25. The number of imidazole rings is 1. The molecule has 110 valence electrons. The molecule has 0 saturated carbocycles. The third-order valence-corrected chi connectivity index (χ3v) is 4.33. The van der Waals surface area contributed by atoms with E-state index in [2.05, 4.69) is 36.1 Å². The van der Waals surface area contributed by atoms with Crippen molar-refractivity contribution in [3.63, 3.8) is 0 Å². The SMILES string of the molecule is CCC(C)NCC(C)Sc1nc2ccc(OC)cc2[nH]1. The Labute approximate surface area is 124 Å². The number of thioether (sulfide) groups is 1. The fourth-order valence-corrected chi connectivity index (χ4v) is 2.77. The molecule has 2 aromatic rings. The topological polar surface area (TPSA) is 49.9 Å². The molecule has 0 aliphatic heterocycles. The van der Waals surface area contributed by atoms with Crippen LogP contribution in [0, 0.1) is 0 Å². The molecule has 1 heterocycles. The van der Waals surface area contributed by atoms with Gasteiger partial charge in [0.05, 0.1) is 18.1 Å². The molecule has 5 heteroatoms. The van der Waals surface area contributed by atoms with Crippen molar-refractivity contribution in [2.45, 2.75) is 43.6 Å². The summed E-state index contributed by atoms with van der Waals surface area (Å²) < 4.78 is 5.23. The van der Waals surface area contributed by atoms with E-state index in [0.717, 1.165) is 34.9 Å². The molecule has 0 amide bonds. The molecule has 4 nitrogen and oxygen atoms in total. The van der Waals surface area contributed by atoms with Gasteiger partial charge < -0.3 is 15.0 Å². The van der Waals surface area contributed by atoms with E-state index in [-0.39, 0.29) is 0 Å². The van der Waals surface area contributed by atoms with E-state index in [1.165, 1.54) is 0 Å². The maximum atomic E-state index is 5.23. The van der Waals surface area contributed by atoms with Crippen molar-refractivity contribution in [1.29, 1.82) is 0 Å². The van der Waals surface area contributed by atoms with E-state index in [0.29, 0.717) is 11.3 Å². The first-order valence-electron chi connectivity index (χ1n) is 7.06. The molecule has 2 unspecified atom stereocenters. The van der Waals surface area contributed by atoms with Gasteiger partial charge in [0.25, 0.3) is 0 Å². The Kier molecular flexibility index (Phi) is 5.31. The molecule has 1 aromatic carbocycles. The standard InChI is InChI=1S/C15H23N3OS/c1-5-10(2)16-9-11(3)20-15-17-13-7-6-12(19-4)8-14(13)18-15/h6-8,10-11,16H,5,9H2,1-4H3,(H,17,18). The number of hydrogen-bond donors (Lipinski definition) is 2. The maximum Gasteiger partial charge on any atom is 0.166 e. The Hall–Kier alpha value is -1.20. The average Bonchev–Trinajstić information content (AvgIpc) is 2.85. The van der Waals surface area contributed by atoms with E-state index in [1.54, 1.807) is 18.9 Å². The molecule has 0 fully saturated rings. The van der Waals surface area contributed by atoms with Crippen molar-refractivity contribution in [1.82, 2.24) is 15.3 Å². The van der Waals surface area contributed by atoms with Crippen LogP contribution >= 0.6 is 11.8 Å². The first-order valence-corrected chi connectivity index (χ1v) is 7.94. The second-order valence-corrected chi connectivity index (χ2v) is 6.50. The fourth-order valence-electron chi connectivity index (χ4n) is 1.89. The number of aromatic nitrogens is 2. The summed E-state index contributed by atoms with van der Waals surface area (Å²) in [7, 11) is 1.68. The number of benzene rings is 1. The molecule has 0 spiro atoms. The van der Waals surface area contributed by atoms with Crippen molar-refractivity contribution >= 4 is 22.8 Å². The Morgan fingerprint density at radius 3 is 2.90 bits per heavy atom. The Balaban J connectivity index is 1.98. The molecule has 0 radical (unpaired) electrons. The van der Waals surface area contributed by atoms with Gasteiger partial charge in [0.2, 0.25) is 0 Å². The van der Waals surface area contributed by atoms with Crippen LogP contribution in [-0.2, 0) is 0 Å². The lowest BCUT2D eigenvalue weighted by atomic mass is 10.2. The molecule has 2 N–H and O–H groups in total. The molecule has 0 bridgehead atoms. The van der Waals surface area contributed by atoms with Gasteiger partial charge >= 0.3 is 0 Å². The van der Waals surface area contributed by atoms with Crippen LogP contribution < -0.4 is 10.1 Å². The highest BCUT2D eigenvalue weighted by molar-refractivity contribution is 7.99. The molecular weight excluding hydrogens is 270 g/mol. The molecule has 2 rings (SSSR count). The predicted octanol–water partition coefficient (Wildman–Crippen LogP) is 3.44. The van der Waals surface area contributed by atoms with Gasteiger partial charge in [0.15, 0.2) is 5.16 Å². The van der Waals surface area contributed by atoms with Crippen LogP contribution in [0.15, 0.2) is 23.4 Å². The highest BCUT2D eigenvalue weighted by atomic mass is 32.2. The van der Waals surface area contributed by atoms with Gasteiger partial charge in [0, 0.05) is 23.9 Å². The molecule has 2 atom stereocenters. The van der Waals surface area contributed by atoms with Crippen LogP contribution in [-0.4, -0.2) is 34.9 Å². The highest BCUT2D eigenvalue weighted by Gasteiger charge is 2.10. The van der Waals surface area contributed by atoms with Crippen LogP contribution in [0.1, 0.15) is 27.2 Å². The largest absolute Gasteiger partial charge is 0.497 e. The zero-order valence-electron chi connectivity index (χ0n) is 12.6. The summed E-state index contributed by atoms with van der Waals surface area (Å²) in [5.74, 6) is 0.851. The molecule has 0 aliphatic carbocycles. The lowest BCUT2D eigenvalue weighted by Gasteiger charge is -2.15. The van der Waals surface area contributed by atoms with Crippen molar-refractivity contribution in [2.24, 2.45) is 0 Å². The number of ether oxygens (including phenoxy) is 1. The quantitative estimate of drug-likeness (QED) is 0.768. The predicted molar refractivity (Wildman–Crippen MR) is 85.7 cm³/mol. The van der Waals surface area contributed by atoms with Gasteiger partial charge in [-0.15, -0.1) is 0 Å². The van der Waals surface area contributed by atoms with E-state index in [4.69, 9.17) is 4.74 Å². The second kappa shape index (κ2) is 6.99. The lowest BCUT2D eigenvalue weighted by molar-refractivity contribution is 0.415. The van der Waals surface area contributed by atoms with E-state index < -0.39 is 0 Å². The summed E-state index contributed by atoms with van der Waals surface area (Å²) in [6.07, 6.45) is 1.15. The zero-order chi connectivity index (χ0) is 14.5. The first-order chi connectivity index (χ1) is 9.62. The lowest BCUT2D eigenvalue weighted by Crippen LogP contribution is -2.30. The van der Waals surface area contributed by atoms with Crippen molar-refractivity contribution < 1.29 is 4.74 Å². The molecule has 20 heavy (non-hydrogen) atoms. The molecule has 0 aliphatic rings. The van der Waals surface area contributed by atoms with E-state index in [1.807, 2.05) is 18.2 Å². The minimum Gasteiger partial charge on any atom is -0.497 e. The summed E-state index contributed by atoms with van der Waals surface area (Å²) in [5, 5.41) is 4.96. The minimum atomic E-state index is 0.478. The fraction of sp³-hybridized carbons (Fsp3) is 0.533. The first kappa shape index (κ1) is 15.2. The van der Waals surface area contributed by atoms with Crippen molar-refractivity contribution in [3.05, 3.63) is 18.2 Å². The van der Waals surface area contributed by atoms with E-state index in [9.17, 15) is 0 Å². The third-order valence-electron chi connectivity index (χ3n) is 3.35. The van der Waals surface area contributed by atoms with Crippen molar-refractivity contribution in [2.75, 3.05) is 13.7 Å². The average molecular weight is 293 g/mol. The number of nitrogens with zero attached hydrogens (tertiary/aromatic N) is 1. The molecular formula is C15H23N3OS. The van der Waals surface area contributed by atoms with Crippen LogP contribution in [0.2, 0.25) is 0 Å². The summed E-state index contributed by atoms with van der Waals surface area (Å²) in [5.41, 5.74) is 2.00. The van der Waals surface area contributed by atoms with Gasteiger partial charge in [0.1, 0.15) is 5.75 Å². The van der Waals surface area contributed by atoms with Crippen LogP contribution in [0.25, 0.3) is 11.0 Å². The maximum absolute atomic E-state index is 5.23. The normalized spacial score (nSPS) is 14.4.